The minimum atomic E-state index is -0.828. The Kier molecular flexibility index (Phi) is 9.99. The van der Waals surface area contributed by atoms with Crippen LogP contribution in [-0.4, -0.2) is 60.9 Å². The van der Waals surface area contributed by atoms with E-state index in [1.54, 1.807) is 41.3 Å². The second-order valence-corrected chi connectivity index (χ2v) is 10.2. The quantitative estimate of drug-likeness (QED) is 0.363. The van der Waals surface area contributed by atoms with Crippen molar-refractivity contribution >= 4 is 17.9 Å². The molecule has 2 aromatic carbocycles. The summed E-state index contributed by atoms with van der Waals surface area (Å²) < 4.78 is 22.2. The van der Waals surface area contributed by atoms with Gasteiger partial charge in [0.1, 0.15) is 23.2 Å². The number of aliphatic hydroxyl groups is 1. The molecule has 1 fully saturated rings. The number of carbonyl (C=O) groups is 1. The van der Waals surface area contributed by atoms with Crippen molar-refractivity contribution in [2.75, 3.05) is 32.7 Å². The Morgan fingerprint density at radius 1 is 1.24 bits per heavy atom. The summed E-state index contributed by atoms with van der Waals surface area (Å²) in [5.74, 6) is 1.21. The zero-order chi connectivity index (χ0) is 27.7. The molecule has 1 amide bonds. The number of hydrogen-bond acceptors (Lipinski definition) is 8. The maximum Gasteiger partial charge on any atom is 0.410 e. The van der Waals surface area contributed by atoms with Crippen molar-refractivity contribution in [3.8, 4) is 17.6 Å². The molecular weight excluding hydrogens is 486 g/mol. The molecule has 0 aliphatic carbocycles. The van der Waals surface area contributed by atoms with Gasteiger partial charge in [-0.1, -0.05) is 12.2 Å². The molecule has 1 heterocycles. The summed E-state index contributed by atoms with van der Waals surface area (Å²) in [6, 6.07) is 12.6. The Bertz CT molecular complexity index is 1160. The van der Waals surface area contributed by atoms with Crippen molar-refractivity contribution in [2.45, 2.75) is 57.8 Å². The Hall–Kier alpha value is -3.74. The van der Waals surface area contributed by atoms with Gasteiger partial charge in [-0.25, -0.2) is 4.79 Å². The number of likely N-dealkylation sites (tertiary alicyclic amines) is 1. The number of nitrogen functional groups attached to an aromatic ring is 1. The number of hydrogen-bond donors (Lipinski definition) is 2. The van der Waals surface area contributed by atoms with Crippen LogP contribution < -0.4 is 15.2 Å². The third-order valence-electron chi connectivity index (χ3n) is 5.91. The molecule has 38 heavy (non-hydrogen) atoms. The first-order chi connectivity index (χ1) is 18.1. The number of anilines is 1. The Balaban J connectivity index is 1.60. The third-order valence-corrected chi connectivity index (χ3v) is 5.91. The average Bonchev–Trinajstić information content (AvgIpc) is 2.87. The van der Waals surface area contributed by atoms with Crippen LogP contribution in [0.4, 0.5) is 10.5 Å². The standard InChI is InChI=1S/C29H37N3O6/c1-29(2,3)38-28(34)32-13-11-24(12-14-32)37-25-8-9-26(31)22(17-25)16-23(33)7-6-21-15-20(18-30)5-10-27(21)36-19-35-4/h5-10,15,17,23-24,33H,11-14,16,19,31H2,1-4H3/b7-6+. The molecule has 1 saturated heterocycles. The van der Waals surface area contributed by atoms with Crippen LogP contribution in [0.3, 0.4) is 0 Å². The predicted octanol–water partition coefficient (Wildman–Crippen LogP) is 4.52. The SMILES string of the molecule is COCOc1ccc(C#N)cc1/C=C/C(O)Cc1cc(OC2CCN(C(=O)OC(C)(C)C)CC2)ccc1N. The maximum atomic E-state index is 12.3. The monoisotopic (exact) mass is 523 g/mol. The second-order valence-electron chi connectivity index (χ2n) is 10.2. The minimum absolute atomic E-state index is 0.0343. The summed E-state index contributed by atoms with van der Waals surface area (Å²) >= 11 is 0. The Morgan fingerprint density at radius 2 is 1.97 bits per heavy atom. The summed E-state index contributed by atoms with van der Waals surface area (Å²) in [6.07, 6.45) is 3.85. The molecule has 0 bridgehead atoms. The van der Waals surface area contributed by atoms with Crippen molar-refractivity contribution in [3.05, 3.63) is 59.2 Å². The zero-order valence-corrected chi connectivity index (χ0v) is 22.5. The van der Waals surface area contributed by atoms with E-state index in [1.807, 2.05) is 32.9 Å². The van der Waals surface area contributed by atoms with E-state index in [9.17, 15) is 15.2 Å². The maximum absolute atomic E-state index is 12.3. The summed E-state index contributed by atoms with van der Waals surface area (Å²) in [4.78, 5) is 14.0. The molecule has 2 aromatic rings. The van der Waals surface area contributed by atoms with E-state index in [1.165, 1.54) is 7.11 Å². The van der Waals surface area contributed by atoms with E-state index in [0.29, 0.717) is 54.2 Å². The van der Waals surface area contributed by atoms with Crippen molar-refractivity contribution < 1.29 is 28.8 Å². The van der Waals surface area contributed by atoms with E-state index < -0.39 is 11.7 Å². The van der Waals surface area contributed by atoms with Crippen LogP contribution in [0.5, 0.6) is 11.5 Å². The van der Waals surface area contributed by atoms with Crippen molar-refractivity contribution in [2.24, 2.45) is 0 Å². The van der Waals surface area contributed by atoms with E-state index in [2.05, 4.69) is 6.07 Å². The fourth-order valence-corrected chi connectivity index (χ4v) is 4.02. The summed E-state index contributed by atoms with van der Waals surface area (Å²) in [7, 11) is 1.53. The summed E-state index contributed by atoms with van der Waals surface area (Å²) in [5, 5.41) is 19.9. The molecule has 9 nitrogen and oxygen atoms in total. The number of piperidine rings is 1. The molecule has 1 aliphatic rings. The number of benzene rings is 2. The van der Waals surface area contributed by atoms with Gasteiger partial charge in [-0.05, 0) is 62.7 Å². The van der Waals surface area contributed by atoms with E-state index in [-0.39, 0.29) is 25.4 Å². The Labute approximate surface area is 224 Å². The normalized spacial score (nSPS) is 15.2. The second kappa shape index (κ2) is 13.2. The van der Waals surface area contributed by atoms with Crippen LogP contribution in [0.2, 0.25) is 0 Å². The summed E-state index contributed by atoms with van der Waals surface area (Å²) in [5.41, 5.74) is 8.11. The van der Waals surface area contributed by atoms with Crippen LogP contribution in [0.1, 0.15) is 50.3 Å². The fraction of sp³-hybridized carbons (Fsp3) is 0.448. The molecule has 0 saturated carbocycles. The number of aliphatic hydroxyl groups excluding tert-OH is 1. The third kappa shape index (κ3) is 8.68. The van der Waals surface area contributed by atoms with Crippen LogP contribution in [0, 0.1) is 11.3 Å². The number of rotatable bonds is 9. The van der Waals surface area contributed by atoms with Crippen molar-refractivity contribution in [1.29, 1.82) is 5.26 Å². The van der Waals surface area contributed by atoms with Crippen LogP contribution in [0.15, 0.2) is 42.5 Å². The largest absolute Gasteiger partial charge is 0.490 e. The molecule has 9 heteroatoms. The van der Waals surface area contributed by atoms with Crippen molar-refractivity contribution in [1.82, 2.24) is 4.90 Å². The molecule has 3 N–H and O–H groups in total. The van der Waals surface area contributed by atoms with Gasteiger partial charge in [0.15, 0.2) is 6.79 Å². The van der Waals surface area contributed by atoms with Gasteiger partial charge in [0.25, 0.3) is 0 Å². The molecule has 1 aliphatic heterocycles. The topological polar surface area (TPSA) is 127 Å². The molecule has 3 rings (SSSR count). The van der Waals surface area contributed by atoms with E-state index in [0.717, 1.165) is 5.56 Å². The van der Waals surface area contributed by atoms with Crippen LogP contribution in [0.25, 0.3) is 6.08 Å². The van der Waals surface area contributed by atoms with Gasteiger partial charge < -0.3 is 34.7 Å². The van der Waals surface area contributed by atoms with Crippen molar-refractivity contribution in [3.63, 3.8) is 0 Å². The number of ether oxygens (including phenoxy) is 4. The summed E-state index contributed by atoms with van der Waals surface area (Å²) in [6.45, 7) is 6.76. The highest BCUT2D eigenvalue weighted by Gasteiger charge is 2.27. The van der Waals surface area contributed by atoms with Crippen LogP contribution in [-0.2, 0) is 15.9 Å². The first-order valence-corrected chi connectivity index (χ1v) is 12.6. The Morgan fingerprint density at radius 3 is 2.63 bits per heavy atom. The average molecular weight is 524 g/mol. The number of methoxy groups -OCH3 is 1. The molecule has 1 atom stereocenters. The minimum Gasteiger partial charge on any atom is -0.490 e. The number of nitrogens with zero attached hydrogens (tertiary/aromatic N) is 2. The lowest BCUT2D eigenvalue weighted by Crippen LogP contribution is -2.44. The van der Waals surface area contributed by atoms with Gasteiger partial charge in [-0.3, -0.25) is 0 Å². The molecule has 0 spiro atoms. The lowest BCUT2D eigenvalue weighted by atomic mass is 10.0. The van der Waals surface area contributed by atoms with Gasteiger partial charge in [0, 0.05) is 50.7 Å². The number of nitrogens with two attached hydrogens (primary N) is 1. The molecule has 1 unspecified atom stereocenters. The van der Waals surface area contributed by atoms with Gasteiger partial charge in [0.05, 0.1) is 17.7 Å². The number of carbonyl (C=O) groups excluding carboxylic acids is 1. The first kappa shape index (κ1) is 28.8. The van der Waals surface area contributed by atoms with E-state index >= 15 is 0 Å². The van der Waals surface area contributed by atoms with Crippen LogP contribution >= 0.6 is 0 Å². The van der Waals surface area contributed by atoms with E-state index in [4.69, 9.17) is 24.7 Å². The zero-order valence-electron chi connectivity index (χ0n) is 22.5. The molecular formula is C29H37N3O6. The highest BCUT2D eigenvalue weighted by molar-refractivity contribution is 5.68. The van der Waals surface area contributed by atoms with Gasteiger partial charge in [-0.2, -0.15) is 5.26 Å². The molecule has 0 aromatic heterocycles. The highest BCUT2D eigenvalue weighted by atomic mass is 16.7. The van der Waals surface area contributed by atoms with Gasteiger partial charge in [-0.15, -0.1) is 0 Å². The number of amides is 1. The van der Waals surface area contributed by atoms with Gasteiger partial charge in [0.2, 0.25) is 0 Å². The lowest BCUT2D eigenvalue weighted by molar-refractivity contribution is 0.0126. The molecule has 204 valence electrons. The fourth-order valence-electron chi connectivity index (χ4n) is 4.02. The smallest absolute Gasteiger partial charge is 0.410 e. The first-order valence-electron chi connectivity index (χ1n) is 12.6. The predicted molar refractivity (Wildman–Crippen MR) is 145 cm³/mol. The highest BCUT2D eigenvalue weighted by Crippen LogP contribution is 2.26. The lowest BCUT2D eigenvalue weighted by Gasteiger charge is -2.33. The number of nitriles is 1. The molecule has 0 radical (unpaired) electrons. The van der Waals surface area contributed by atoms with Gasteiger partial charge >= 0.3 is 6.09 Å².